The average molecular weight is 425 g/mol. The first-order chi connectivity index (χ1) is 15.5. The number of anilines is 1. The summed E-state index contributed by atoms with van der Waals surface area (Å²) in [6.07, 6.45) is 9.55. The highest BCUT2D eigenvalue weighted by Crippen LogP contribution is 2.32. The highest BCUT2D eigenvalue weighted by molar-refractivity contribution is 6.12. The van der Waals surface area contributed by atoms with Gasteiger partial charge in [0, 0.05) is 23.8 Å². The highest BCUT2D eigenvalue weighted by atomic mass is 19.1. The zero-order valence-electron chi connectivity index (χ0n) is 17.2. The van der Waals surface area contributed by atoms with Crippen molar-refractivity contribution in [2.75, 3.05) is 5.32 Å². The molecule has 0 radical (unpaired) electrons. The van der Waals surface area contributed by atoms with E-state index in [1.165, 1.54) is 17.7 Å². The van der Waals surface area contributed by atoms with E-state index in [1.54, 1.807) is 41.4 Å². The molecule has 0 fully saturated rings. The average Bonchev–Trinajstić information content (AvgIpc) is 3.42. The number of rotatable bonds is 5. The first-order valence-corrected chi connectivity index (χ1v) is 10.4. The minimum atomic E-state index is -0.286. The molecule has 0 aliphatic heterocycles. The van der Waals surface area contributed by atoms with Gasteiger partial charge in [-0.2, -0.15) is 5.10 Å². The zero-order valence-corrected chi connectivity index (χ0v) is 17.2. The summed E-state index contributed by atoms with van der Waals surface area (Å²) in [6.45, 7) is 0.464. The molecule has 158 valence electrons. The Morgan fingerprint density at radius 1 is 1.09 bits per heavy atom. The molecule has 2 aliphatic rings. The lowest BCUT2D eigenvalue weighted by Crippen LogP contribution is -2.18. The maximum Gasteiger partial charge on any atom is 0.255 e. The second kappa shape index (κ2) is 8.23. The van der Waals surface area contributed by atoms with E-state index in [-0.39, 0.29) is 23.9 Å². The smallest absolute Gasteiger partial charge is 0.255 e. The molecule has 0 spiro atoms. The second-order valence-electron chi connectivity index (χ2n) is 7.90. The number of amides is 1. The Morgan fingerprint density at radius 3 is 2.72 bits per heavy atom. The largest absolute Gasteiger partial charge is 0.319 e. The van der Waals surface area contributed by atoms with Gasteiger partial charge in [0.2, 0.25) is 0 Å². The Bertz CT molecular complexity index is 1310. The maximum absolute atomic E-state index is 13.1. The Morgan fingerprint density at radius 2 is 1.91 bits per heavy atom. The van der Waals surface area contributed by atoms with Gasteiger partial charge in [-0.25, -0.2) is 4.39 Å². The summed E-state index contributed by atoms with van der Waals surface area (Å²) in [7, 11) is 0. The van der Waals surface area contributed by atoms with Crippen LogP contribution >= 0.6 is 0 Å². The Kier molecular flexibility index (Phi) is 5.11. The van der Waals surface area contributed by atoms with Gasteiger partial charge >= 0.3 is 0 Å². The molecule has 1 N–H and O–H groups in total. The van der Waals surface area contributed by atoms with Crippen LogP contribution in [-0.4, -0.2) is 21.5 Å². The third-order valence-corrected chi connectivity index (χ3v) is 5.63. The van der Waals surface area contributed by atoms with E-state index in [0.717, 1.165) is 16.7 Å². The summed E-state index contributed by atoms with van der Waals surface area (Å²) in [5.41, 5.74) is 5.76. The number of Topliss-reactive ketones (excluding diaryl/α,β-unsaturated/α-hetero) is 1. The predicted octanol–water partition coefficient (Wildman–Crippen LogP) is 4.47. The van der Waals surface area contributed by atoms with Crippen LogP contribution in [0.5, 0.6) is 0 Å². The van der Waals surface area contributed by atoms with Gasteiger partial charge in [0.25, 0.3) is 5.91 Å². The van der Waals surface area contributed by atoms with Crippen LogP contribution in [0.2, 0.25) is 0 Å². The van der Waals surface area contributed by atoms with Gasteiger partial charge in [-0.3, -0.25) is 14.3 Å². The molecule has 6 heteroatoms. The fourth-order valence-electron chi connectivity index (χ4n) is 3.99. The highest BCUT2D eigenvalue weighted by Gasteiger charge is 2.24. The van der Waals surface area contributed by atoms with E-state index in [0.29, 0.717) is 29.8 Å². The number of ketones is 1. The summed E-state index contributed by atoms with van der Waals surface area (Å²) in [6, 6.07) is 14.2. The van der Waals surface area contributed by atoms with Gasteiger partial charge in [-0.15, -0.1) is 0 Å². The fourth-order valence-corrected chi connectivity index (χ4v) is 3.99. The molecule has 0 unspecified atom stereocenters. The van der Waals surface area contributed by atoms with Gasteiger partial charge in [-0.1, -0.05) is 48.6 Å². The monoisotopic (exact) mass is 425 g/mol. The standard InChI is InChI=1S/C26H20FN3O2/c27-22-8-5-17(6-9-22)15-30-16-23(14-28-30)29-26(32)20-7-10-25(31)24(13-20)21-11-18-3-1-2-4-19(18)12-21/h1-9,11,13-14,16H,10,12,15H2,(H,29,32). The molecule has 0 bridgehead atoms. The van der Waals surface area contributed by atoms with E-state index in [9.17, 15) is 14.0 Å². The molecule has 0 saturated carbocycles. The number of fused-ring (bicyclic) bond motifs is 1. The van der Waals surface area contributed by atoms with Gasteiger partial charge in [0.15, 0.2) is 5.78 Å². The number of hydrogen-bond acceptors (Lipinski definition) is 3. The lowest BCUT2D eigenvalue weighted by atomic mass is 9.91. The van der Waals surface area contributed by atoms with Crippen molar-refractivity contribution in [1.82, 2.24) is 9.78 Å². The number of halogens is 1. The Labute approximate surface area is 184 Å². The molecule has 3 aromatic rings. The predicted molar refractivity (Wildman–Crippen MR) is 120 cm³/mol. The van der Waals surface area contributed by atoms with Gasteiger partial charge in [-0.05, 0) is 46.9 Å². The van der Waals surface area contributed by atoms with Crippen LogP contribution in [0.25, 0.3) is 6.08 Å². The SMILES string of the molecule is O=C1CC=C(C(=O)Nc2cnn(Cc3ccc(F)cc3)c2)C=C1C1=Cc2ccccc2C1. The number of allylic oxidation sites excluding steroid dienone is 3. The molecule has 5 rings (SSSR count). The number of carbonyl (C=O) groups is 2. The molecule has 5 nitrogen and oxygen atoms in total. The molecule has 1 heterocycles. The number of nitrogens with one attached hydrogen (secondary N) is 1. The summed E-state index contributed by atoms with van der Waals surface area (Å²) < 4.78 is 14.7. The van der Waals surface area contributed by atoms with Crippen molar-refractivity contribution in [3.05, 3.63) is 112 Å². The molecule has 1 amide bonds. The summed E-state index contributed by atoms with van der Waals surface area (Å²) in [5.74, 6) is -0.550. The summed E-state index contributed by atoms with van der Waals surface area (Å²) >= 11 is 0. The molecule has 1 aromatic heterocycles. The van der Waals surface area contributed by atoms with Crippen molar-refractivity contribution in [2.45, 2.75) is 19.4 Å². The van der Waals surface area contributed by atoms with Crippen LogP contribution in [-0.2, 0) is 22.6 Å². The van der Waals surface area contributed by atoms with Crippen molar-refractivity contribution >= 4 is 23.5 Å². The van der Waals surface area contributed by atoms with Gasteiger partial charge < -0.3 is 5.32 Å². The Balaban J connectivity index is 1.28. The lowest BCUT2D eigenvalue weighted by molar-refractivity contribution is -0.114. The molecular weight excluding hydrogens is 405 g/mol. The molecule has 2 aromatic carbocycles. The second-order valence-corrected chi connectivity index (χ2v) is 7.90. The van der Waals surface area contributed by atoms with Crippen LogP contribution in [0.3, 0.4) is 0 Å². The Hall–Kier alpha value is -4.06. The van der Waals surface area contributed by atoms with Crippen molar-refractivity contribution in [2.24, 2.45) is 0 Å². The van der Waals surface area contributed by atoms with E-state index in [1.807, 2.05) is 24.3 Å². The van der Waals surface area contributed by atoms with E-state index < -0.39 is 0 Å². The molecule has 2 aliphatic carbocycles. The number of benzene rings is 2. The number of hydrogen-bond donors (Lipinski definition) is 1. The first-order valence-electron chi connectivity index (χ1n) is 10.4. The van der Waals surface area contributed by atoms with Crippen LogP contribution < -0.4 is 5.32 Å². The molecule has 32 heavy (non-hydrogen) atoms. The van der Waals surface area contributed by atoms with Crippen molar-refractivity contribution < 1.29 is 14.0 Å². The molecule has 0 atom stereocenters. The normalized spacial score (nSPS) is 15.0. The number of carbonyl (C=O) groups excluding carboxylic acids is 2. The van der Waals surface area contributed by atoms with Crippen molar-refractivity contribution in [3.63, 3.8) is 0 Å². The molecule has 0 saturated heterocycles. The third-order valence-electron chi connectivity index (χ3n) is 5.63. The zero-order chi connectivity index (χ0) is 22.1. The van der Waals surface area contributed by atoms with E-state index >= 15 is 0 Å². The topological polar surface area (TPSA) is 64.0 Å². The van der Waals surface area contributed by atoms with Crippen LogP contribution in [0, 0.1) is 5.82 Å². The van der Waals surface area contributed by atoms with E-state index in [2.05, 4.69) is 16.5 Å². The fraction of sp³-hybridized carbons (Fsp3) is 0.115. The maximum atomic E-state index is 13.1. The summed E-state index contributed by atoms with van der Waals surface area (Å²) in [5, 5.41) is 7.10. The third kappa shape index (κ3) is 4.07. The molecular formula is C26H20FN3O2. The van der Waals surface area contributed by atoms with Gasteiger partial charge in [0.1, 0.15) is 5.82 Å². The summed E-state index contributed by atoms with van der Waals surface area (Å²) in [4.78, 5) is 25.4. The van der Waals surface area contributed by atoms with Crippen molar-refractivity contribution in [1.29, 1.82) is 0 Å². The minimum Gasteiger partial charge on any atom is -0.319 e. The van der Waals surface area contributed by atoms with Crippen LogP contribution in [0.15, 0.2) is 89.8 Å². The number of nitrogens with zero attached hydrogens (tertiary/aromatic N) is 2. The first kappa shape index (κ1) is 19.9. The quantitative estimate of drug-likeness (QED) is 0.656. The minimum absolute atomic E-state index is 0.0210. The van der Waals surface area contributed by atoms with E-state index in [4.69, 9.17) is 0 Å². The van der Waals surface area contributed by atoms with Gasteiger partial charge in [0.05, 0.1) is 18.4 Å². The lowest BCUT2D eigenvalue weighted by Gasteiger charge is -2.14. The van der Waals surface area contributed by atoms with Crippen LogP contribution in [0.1, 0.15) is 23.1 Å². The number of aromatic nitrogens is 2. The van der Waals surface area contributed by atoms with Crippen molar-refractivity contribution in [3.8, 4) is 0 Å². The van der Waals surface area contributed by atoms with Crippen LogP contribution in [0.4, 0.5) is 10.1 Å².